The van der Waals surface area contributed by atoms with E-state index in [0.717, 1.165) is 72.0 Å². The van der Waals surface area contributed by atoms with Gasteiger partial charge in [0.15, 0.2) is 0 Å². The maximum Gasteiger partial charge on any atom is 0.123 e. The van der Waals surface area contributed by atoms with Gasteiger partial charge in [0.05, 0.1) is 33.7 Å². The van der Waals surface area contributed by atoms with E-state index < -0.39 is 0 Å². The van der Waals surface area contributed by atoms with E-state index in [4.69, 9.17) is 0 Å². The van der Waals surface area contributed by atoms with Crippen LogP contribution in [0.25, 0.3) is 55.0 Å². The Morgan fingerprint density at radius 2 is 0.837 bits per heavy atom. The summed E-state index contributed by atoms with van der Waals surface area (Å²) in [4.78, 5) is 2.20. The van der Waals surface area contributed by atoms with Gasteiger partial charge in [0.25, 0.3) is 0 Å². The highest BCUT2D eigenvalue weighted by molar-refractivity contribution is 6.12. The van der Waals surface area contributed by atoms with E-state index in [2.05, 4.69) is 80.8 Å². The van der Waals surface area contributed by atoms with Crippen molar-refractivity contribution in [3.8, 4) is 17.4 Å². The Balaban J connectivity index is 1.28. The molecule has 4 nitrogen and oxygen atoms in total. The van der Waals surface area contributed by atoms with Crippen molar-refractivity contribution in [2.75, 3.05) is 4.90 Å². The van der Waals surface area contributed by atoms with Crippen molar-refractivity contribution in [2.24, 2.45) is 0 Å². The van der Waals surface area contributed by atoms with Crippen LogP contribution in [0.4, 0.5) is 25.8 Å². The second-order valence-electron chi connectivity index (χ2n) is 12.1. The lowest BCUT2D eigenvalue weighted by Crippen LogP contribution is -2.10. The van der Waals surface area contributed by atoms with Crippen LogP contribution in [0.5, 0.6) is 0 Å². The Morgan fingerprint density at radius 3 is 1.29 bits per heavy atom. The number of rotatable bonds is 5. The summed E-state index contributed by atoms with van der Waals surface area (Å²) in [5.74, 6) is -0.551. The molecule has 7 aromatic carbocycles. The number of hydrogen-bond acceptors (Lipinski definition) is 2. The molecule has 9 rings (SSSR count). The Morgan fingerprint density at radius 1 is 0.429 bits per heavy atom. The molecule has 0 fully saturated rings. The van der Waals surface area contributed by atoms with Crippen LogP contribution in [0, 0.1) is 23.0 Å². The van der Waals surface area contributed by atoms with Gasteiger partial charge in [-0.25, -0.2) is 8.78 Å². The highest BCUT2D eigenvalue weighted by Gasteiger charge is 2.20. The van der Waals surface area contributed by atoms with Crippen LogP contribution in [0.3, 0.4) is 0 Å². The average Bonchev–Trinajstić information content (AvgIpc) is 3.65. The predicted octanol–water partition coefficient (Wildman–Crippen LogP) is 11.5. The maximum atomic E-state index is 13.9. The summed E-state index contributed by atoms with van der Waals surface area (Å²) in [5.41, 5.74) is 9.22. The molecular formula is C43H26F2N4. The Bertz CT molecular complexity index is 2570. The molecule has 0 radical (unpaired) electrons. The van der Waals surface area contributed by atoms with E-state index in [9.17, 15) is 14.0 Å². The third kappa shape index (κ3) is 4.63. The summed E-state index contributed by atoms with van der Waals surface area (Å²) in [6.07, 6.45) is 0. The van der Waals surface area contributed by atoms with E-state index in [0.29, 0.717) is 5.56 Å². The average molecular weight is 637 g/mol. The van der Waals surface area contributed by atoms with Crippen molar-refractivity contribution >= 4 is 60.7 Å². The number of nitrogens with zero attached hydrogens (tertiary/aromatic N) is 4. The van der Waals surface area contributed by atoms with Gasteiger partial charge in [0.2, 0.25) is 0 Å². The molecule has 0 saturated heterocycles. The van der Waals surface area contributed by atoms with Crippen LogP contribution >= 0.6 is 0 Å². The minimum atomic E-state index is -0.275. The zero-order valence-corrected chi connectivity index (χ0v) is 26.1. The van der Waals surface area contributed by atoms with Gasteiger partial charge in [0.1, 0.15) is 11.6 Å². The second-order valence-corrected chi connectivity index (χ2v) is 12.1. The fraction of sp³-hybridized carbons (Fsp3) is 0. The lowest BCUT2D eigenvalue weighted by atomic mass is 10.1. The van der Waals surface area contributed by atoms with E-state index >= 15 is 0 Å². The van der Waals surface area contributed by atoms with Crippen molar-refractivity contribution in [3.63, 3.8) is 0 Å². The van der Waals surface area contributed by atoms with Gasteiger partial charge in [-0.2, -0.15) is 5.26 Å². The van der Waals surface area contributed by atoms with E-state index in [1.54, 1.807) is 24.3 Å². The molecule has 6 heteroatoms. The minimum absolute atomic E-state index is 0.275. The first-order valence-corrected chi connectivity index (χ1v) is 16.0. The van der Waals surface area contributed by atoms with Gasteiger partial charge in [-0.3, -0.25) is 0 Å². The van der Waals surface area contributed by atoms with E-state index in [1.807, 2.05) is 48.5 Å². The number of benzene rings is 7. The van der Waals surface area contributed by atoms with Gasteiger partial charge in [0, 0.05) is 50.0 Å². The summed E-state index contributed by atoms with van der Waals surface area (Å²) in [6, 6.07) is 52.3. The number of para-hydroxylation sites is 2. The van der Waals surface area contributed by atoms with Gasteiger partial charge in [-0.05, 0) is 121 Å². The molecule has 0 saturated carbocycles. The summed E-state index contributed by atoms with van der Waals surface area (Å²) >= 11 is 0. The molecule has 0 aliphatic carbocycles. The fourth-order valence-corrected chi connectivity index (χ4v) is 7.07. The first-order chi connectivity index (χ1) is 24.1. The lowest BCUT2D eigenvalue weighted by Gasteiger charge is -2.26. The van der Waals surface area contributed by atoms with E-state index in [1.165, 1.54) is 24.3 Å². The number of halogens is 2. The number of anilines is 3. The standard InChI is InChI=1S/C43H26F2N4/c44-29-11-17-32(18-12-29)48-40-7-3-1-5-36(40)38-25-34(21-23-42(38)48)47(31-15-9-28(27-46)10-16-31)35-22-24-43-39(26-35)37-6-2-4-8-41(37)49(43)33-19-13-30(45)14-20-33/h1-26H. The SMILES string of the molecule is N#Cc1ccc(N(c2ccc3c(c2)c2ccccc2n3-c2ccc(F)cc2)c2ccc3c(c2)c2ccccc2n3-c2ccc(F)cc2)cc1. The molecule has 0 aliphatic heterocycles. The molecule has 9 aromatic rings. The summed E-state index contributed by atoms with van der Waals surface area (Å²) in [5, 5.41) is 13.8. The summed E-state index contributed by atoms with van der Waals surface area (Å²) in [6.45, 7) is 0. The normalized spacial score (nSPS) is 11.4. The Hall–Kier alpha value is -6.71. The molecule has 0 N–H and O–H groups in total. The molecule has 49 heavy (non-hydrogen) atoms. The molecule has 0 atom stereocenters. The molecule has 0 unspecified atom stereocenters. The third-order valence-electron chi connectivity index (χ3n) is 9.25. The first kappa shape index (κ1) is 28.5. The number of nitriles is 1. The first-order valence-electron chi connectivity index (χ1n) is 16.0. The van der Waals surface area contributed by atoms with Crippen LogP contribution in [-0.4, -0.2) is 9.13 Å². The van der Waals surface area contributed by atoms with Crippen LogP contribution in [0.1, 0.15) is 5.56 Å². The zero-order valence-electron chi connectivity index (χ0n) is 26.1. The number of hydrogen-bond donors (Lipinski definition) is 0. The summed E-state index contributed by atoms with van der Waals surface area (Å²) in [7, 11) is 0. The van der Waals surface area contributed by atoms with Crippen LogP contribution in [0.2, 0.25) is 0 Å². The van der Waals surface area contributed by atoms with Gasteiger partial charge in [-0.15, -0.1) is 0 Å². The molecule has 2 heterocycles. The van der Waals surface area contributed by atoms with Crippen molar-refractivity contribution < 1.29 is 8.78 Å². The quantitative estimate of drug-likeness (QED) is 0.188. The van der Waals surface area contributed by atoms with Crippen molar-refractivity contribution in [1.82, 2.24) is 9.13 Å². The number of aromatic nitrogens is 2. The van der Waals surface area contributed by atoms with Gasteiger partial charge < -0.3 is 14.0 Å². The van der Waals surface area contributed by atoms with Crippen LogP contribution in [0.15, 0.2) is 158 Å². The third-order valence-corrected chi connectivity index (χ3v) is 9.25. The fourth-order valence-electron chi connectivity index (χ4n) is 7.07. The predicted molar refractivity (Wildman–Crippen MR) is 194 cm³/mol. The Kier molecular flexibility index (Phi) is 6.53. The Labute approximate surface area is 280 Å². The monoisotopic (exact) mass is 636 g/mol. The summed E-state index contributed by atoms with van der Waals surface area (Å²) < 4.78 is 32.1. The van der Waals surface area contributed by atoms with Crippen LogP contribution in [-0.2, 0) is 0 Å². The van der Waals surface area contributed by atoms with Gasteiger partial charge in [-0.1, -0.05) is 36.4 Å². The van der Waals surface area contributed by atoms with Crippen molar-refractivity contribution in [3.05, 3.63) is 175 Å². The lowest BCUT2D eigenvalue weighted by molar-refractivity contribution is 0.627. The highest BCUT2D eigenvalue weighted by atomic mass is 19.1. The van der Waals surface area contributed by atoms with Crippen molar-refractivity contribution in [1.29, 1.82) is 5.26 Å². The molecule has 0 bridgehead atoms. The molecule has 2 aromatic heterocycles. The molecule has 0 spiro atoms. The second kappa shape index (κ2) is 11.2. The van der Waals surface area contributed by atoms with Crippen molar-refractivity contribution in [2.45, 2.75) is 0 Å². The van der Waals surface area contributed by atoms with E-state index in [-0.39, 0.29) is 11.6 Å². The molecule has 232 valence electrons. The molecule has 0 aliphatic rings. The maximum absolute atomic E-state index is 13.9. The smallest absolute Gasteiger partial charge is 0.123 e. The zero-order chi connectivity index (χ0) is 33.1. The molecular weight excluding hydrogens is 610 g/mol. The minimum Gasteiger partial charge on any atom is -0.310 e. The largest absolute Gasteiger partial charge is 0.310 e. The van der Waals surface area contributed by atoms with Crippen LogP contribution < -0.4 is 4.90 Å². The highest BCUT2D eigenvalue weighted by Crippen LogP contribution is 2.42. The van der Waals surface area contributed by atoms with Gasteiger partial charge >= 0.3 is 0 Å². The topological polar surface area (TPSA) is 36.9 Å². The molecule has 0 amide bonds. The number of fused-ring (bicyclic) bond motifs is 6.